The SMILES string of the molecule is CC(Oc1cccc(Cl)c1)C(O)c1cnn(C)c1. The van der Waals surface area contributed by atoms with Crippen LogP contribution in [-0.2, 0) is 7.05 Å². The van der Waals surface area contributed by atoms with Crippen molar-refractivity contribution in [1.29, 1.82) is 0 Å². The van der Waals surface area contributed by atoms with Gasteiger partial charge in [-0.2, -0.15) is 5.10 Å². The minimum Gasteiger partial charge on any atom is -0.488 e. The van der Waals surface area contributed by atoms with Gasteiger partial charge in [0.1, 0.15) is 18.0 Å². The van der Waals surface area contributed by atoms with Crippen molar-refractivity contribution in [2.75, 3.05) is 0 Å². The third kappa shape index (κ3) is 3.03. The highest BCUT2D eigenvalue weighted by Gasteiger charge is 2.19. The summed E-state index contributed by atoms with van der Waals surface area (Å²) in [6.07, 6.45) is 2.29. The van der Waals surface area contributed by atoms with Crippen molar-refractivity contribution in [3.05, 3.63) is 47.2 Å². The van der Waals surface area contributed by atoms with Gasteiger partial charge >= 0.3 is 0 Å². The van der Waals surface area contributed by atoms with Crippen LogP contribution in [0.1, 0.15) is 18.6 Å². The van der Waals surface area contributed by atoms with Crippen LogP contribution in [0.25, 0.3) is 0 Å². The molecular formula is C13H15ClN2O2. The summed E-state index contributed by atoms with van der Waals surface area (Å²) in [4.78, 5) is 0. The molecule has 0 radical (unpaired) electrons. The number of aromatic nitrogens is 2. The molecule has 2 rings (SSSR count). The van der Waals surface area contributed by atoms with Crippen molar-refractivity contribution in [3.63, 3.8) is 0 Å². The summed E-state index contributed by atoms with van der Waals surface area (Å²) < 4.78 is 7.29. The van der Waals surface area contributed by atoms with E-state index in [4.69, 9.17) is 16.3 Å². The highest BCUT2D eigenvalue weighted by molar-refractivity contribution is 6.30. The Morgan fingerprint density at radius 3 is 2.83 bits per heavy atom. The lowest BCUT2D eigenvalue weighted by atomic mass is 10.1. The molecule has 96 valence electrons. The van der Waals surface area contributed by atoms with Gasteiger partial charge in [0.15, 0.2) is 0 Å². The number of nitrogens with zero attached hydrogens (tertiary/aromatic N) is 2. The Kier molecular flexibility index (Phi) is 3.89. The van der Waals surface area contributed by atoms with E-state index in [0.717, 1.165) is 5.56 Å². The van der Waals surface area contributed by atoms with Crippen LogP contribution in [0.3, 0.4) is 0 Å². The molecule has 0 aliphatic heterocycles. The standard InChI is InChI=1S/C13H15ClN2O2/c1-9(13(17)10-7-15-16(2)8-10)18-12-5-3-4-11(14)6-12/h3-9,13,17H,1-2H3. The number of hydrogen-bond acceptors (Lipinski definition) is 3. The van der Waals surface area contributed by atoms with Gasteiger partial charge in [-0.15, -0.1) is 0 Å². The molecule has 0 saturated carbocycles. The molecular weight excluding hydrogens is 252 g/mol. The Labute approximate surface area is 111 Å². The van der Waals surface area contributed by atoms with Crippen molar-refractivity contribution in [1.82, 2.24) is 9.78 Å². The molecule has 2 unspecified atom stereocenters. The number of rotatable bonds is 4. The summed E-state index contributed by atoms with van der Waals surface area (Å²) in [5.74, 6) is 0.637. The van der Waals surface area contributed by atoms with Gasteiger partial charge in [0.25, 0.3) is 0 Å². The van der Waals surface area contributed by atoms with E-state index in [1.54, 1.807) is 55.3 Å². The maximum absolute atomic E-state index is 10.1. The van der Waals surface area contributed by atoms with Crippen LogP contribution in [0.2, 0.25) is 5.02 Å². The van der Waals surface area contributed by atoms with Crippen LogP contribution in [0.15, 0.2) is 36.7 Å². The maximum atomic E-state index is 10.1. The first-order valence-corrected chi connectivity index (χ1v) is 6.03. The minimum absolute atomic E-state index is 0.382. The second-order valence-corrected chi connectivity index (χ2v) is 4.61. The number of benzene rings is 1. The first kappa shape index (κ1) is 12.9. The van der Waals surface area contributed by atoms with Gasteiger partial charge in [0.05, 0.1) is 6.20 Å². The first-order chi connectivity index (χ1) is 8.56. The van der Waals surface area contributed by atoms with Crippen LogP contribution in [0.5, 0.6) is 5.75 Å². The van der Waals surface area contributed by atoms with Crippen LogP contribution in [-0.4, -0.2) is 21.0 Å². The monoisotopic (exact) mass is 266 g/mol. The van der Waals surface area contributed by atoms with Crippen molar-refractivity contribution >= 4 is 11.6 Å². The number of aliphatic hydroxyl groups is 1. The zero-order valence-electron chi connectivity index (χ0n) is 10.2. The van der Waals surface area contributed by atoms with Crippen molar-refractivity contribution in [2.24, 2.45) is 7.05 Å². The van der Waals surface area contributed by atoms with Crippen molar-refractivity contribution in [2.45, 2.75) is 19.1 Å². The summed E-state index contributed by atoms with van der Waals surface area (Å²) >= 11 is 5.87. The lowest BCUT2D eigenvalue weighted by Crippen LogP contribution is -2.21. The fourth-order valence-electron chi connectivity index (χ4n) is 1.68. The molecule has 0 saturated heterocycles. The smallest absolute Gasteiger partial charge is 0.126 e. The zero-order valence-corrected chi connectivity index (χ0v) is 11.0. The molecule has 0 amide bonds. The summed E-state index contributed by atoms with van der Waals surface area (Å²) in [5.41, 5.74) is 0.729. The molecule has 1 aromatic heterocycles. The molecule has 1 N–H and O–H groups in total. The van der Waals surface area contributed by atoms with E-state index in [2.05, 4.69) is 5.10 Å². The van der Waals surface area contributed by atoms with Crippen molar-refractivity contribution < 1.29 is 9.84 Å². The van der Waals surface area contributed by atoms with E-state index in [9.17, 15) is 5.11 Å². The normalized spacial score (nSPS) is 14.2. The van der Waals surface area contributed by atoms with Crippen LogP contribution < -0.4 is 4.74 Å². The Bertz CT molecular complexity index is 527. The van der Waals surface area contributed by atoms with Gasteiger partial charge in [-0.3, -0.25) is 4.68 Å². The van der Waals surface area contributed by atoms with Gasteiger partial charge < -0.3 is 9.84 Å². The lowest BCUT2D eigenvalue weighted by molar-refractivity contribution is 0.0467. The highest BCUT2D eigenvalue weighted by Crippen LogP contribution is 2.23. The fourth-order valence-corrected chi connectivity index (χ4v) is 1.86. The lowest BCUT2D eigenvalue weighted by Gasteiger charge is -2.19. The Hall–Kier alpha value is -1.52. The Balaban J connectivity index is 2.05. The summed E-state index contributed by atoms with van der Waals surface area (Å²) in [5, 5.41) is 14.7. The average Bonchev–Trinajstić information content (AvgIpc) is 2.75. The van der Waals surface area contributed by atoms with Gasteiger partial charge in [0.2, 0.25) is 0 Å². The zero-order chi connectivity index (χ0) is 13.1. The highest BCUT2D eigenvalue weighted by atomic mass is 35.5. The number of aliphatic hydroxyl groups excluding tert-OH is 1. The number of hydrogen-bond donors (Lipinski definition) is 1. The van der Waals surface area contributed by atoms with Gasteiger partial charge in [0, 0.05) is 23.8 Å². The summed E-state index contributed by atoms with van der Waals surface area (Å²) in [6.45, 7) is 1.80. The maximum Gasteiger partial charge on any atom is 0.126 e. The fraction of sp³-hybridized carbons (Fsp3) is 0.308. The molecule has 4 nitrogen and oxygen atoms in total. The second kappa shape index (κ2) is 5.42. The predicted molar refractivity (Wildman–Crippen MR) is 69.7 cm³/mol. The van der Waals surface area contributed by atoms with E-state index < -0.39 is 6.10 Å². The molecule has 0 aliphatic carbocycles. The van der Waals surface area contributed by atoms with Crippen molar-refractivity contribution in [3.8, 4) is 5.75 Å². The number of aryl methyl sites for hydroxylation is 1. The molecule has 0 aliphatic rings. The summed E-state index contributed by atoms with van der Waals surface area (Å²) in [6, 6.07) is 7.10. The number of halogens is 1. The molecule has 0 bridgehead atoms. The van der Waals surface area contributed by atoms with Gasteiger partial charge in [-0.25, -0.2) is 0 Å². The second-order valence-electron chi connectivity index (χ2n) is 4.17. The quantitative estimate of drug-likeness (QED) is 0.925. The van der Waals surface area contributed by atoms with Crippen LogP contribution in [0.4, 0.5) is 0 Å². The molecule has 5 heteroatoms. The molecule has 2 atom stereocenters. The minimum atomic E-state index is -0.724. The summed E-state index contributed by atoms with van der Waals surface area (Å²) in [7, 11) is 1.80. The van der Waals surface area contributed by atoms with Crippen LogP contribution in [0, 0.1) is 0 Å². The van der Waals surface area contributed by atoms with E-state index in [-0.39, 0.29) is 6.10 Å². The number of ether oxygens (including phenoxy) is 1. The van der Waals surface area contributed by atoms with E-state index >= 15 is 0 Å². The third-order valence-electron chi connectivity index (χ3n) is 2.63. The third-order valence-corrected chi connectivity index (χ3v) is 2.86. The average molecular weight is 267 g/mol. The molecule has 1 heterocycles. The molecule has 1 aromatic carbocycles. The topological polar surface area (TPSA) is 47.3 Å². The van der Waals surface area contributed by atoms with Crippen LogP contribution >= 0.6 is 11.6 Å². The molecule has 0 spiro atoms. The first-order valence-electron chi connectivity index (χ1n) is 5.65. The molecule has 18 heavy (non-hydrogen) atoms. The van der Waals surface area contributed by atoms with E-state index in [1.807, 2.05) is 0 Å². The van der Waals surface area contributed by atoms with Gasteiger partial charge in [-0.1, -0.05) is 17.7 Å². The van der Waals surface area contributed by atoms with E-state index in [1.165, 1.54) is 0 Å². The molecule has 0 fully saturated rings. The van der Waals surface area contributed by atoms with E-state index in [0.29, 0.717) is 10.8 Å². The van der Waals surface area contributed by atoms with Gasteiger partial charge in [-0.05, 0) is 25.1 Å². The molecule has 2 aromatic rings. The largest absolute Gasteiger partial charge is 0.488 e. The predicted octanol–water partition coefficient (Wildman–Crippen LogP) is 2.57. The Morgan fingerprint density at radius 1 is 1.44 bits per heavy atom. The Morgan fingerprint density at radius 2 is 2.22 bits per heavy atom.